The molecule has 0 radical (unpaired) electrons. The third-order valence-electron chi connectivity index (χ3n) is 4.76. The van der Waals surface area contributed by atoms with E-state index in [1.165, 1.54) is 0 Å². The summed E-state index contributed by atoms with van der Waals surface area (Å²) in [6.45, 7) is 16.9. The number of fused-ring (bicyclic) bond motifs is 1. The van der Waals surface area contributed by atoms with E-state index in [1.807, 2.05) is 25.6 Å². The number of amides is 3. The van der Waals surface area contributed by atoms with Crippen LogP contribution in [0, 0.1) is 11.8 Å². The van der Waals surface area contributed by atoms with E-state index in [-0.39, 0.29) is 6.03 Å². The van der Waals surface area contributed by atoms with Gasteiger partial charge >= 0.3 is 6.03 Å². The molecule has 2 aliphatic heterocycles. The molecule has 28 heavy (non-hydrogen) atoms. The van der Waals surface area contributed by atoms with Gasteiger partial charge in [0.05, 0.1) is 12.1 Å². The van der Waals surface area contributed by atoms with Crippen LogP contribution in [0.15, 0.2) is 0 Å². The number of carbonyl (C=O) groups excluding carboxylic acids is 2. The van der Waals surface area contributed by atoms with E-state index in [4.69, 9.17) is 0 Å². The van der Waals surface area contributed by atoms with Crippen molar-refractivity contribution in [2.45, 2.75) is 92.7 Å². The molecule has 0 bridgehead atoms. The van der Waals surface area contributed by atoms with E-state index in [0.29, 0.717) is 29.8 Å². The van der Waals surface area contributed by atoms with Crippen LogP contribution in [0.3, 0.4) is 0 Å². The van der Waals surface area contributed by atoms with Gasteiger partial charge in [0.1, 0.15) is 0 Å². The molecule has 3 amide bonds. The van der Waals surface area contributed by atoms with Crippen LogP contribution in [0.5, 0.6) is 0 Å². The third-order valence-corrected chi connectivity index (χ3v) is 5.95. The van der Waals surface area contributed by atoms with Crippen LogP contribution in [0.1, 0.15) is 80.6 Å². The van der Waals surface area contributed by atoms with Crippen LogP contribution < -0.4 is 10.6 Å². The molecule has 2 atom stereocenters. The van der Waals surface area contributed by atoms with Crippen molar-refractivity contribution >= 4 is 23.7 Å². The molecule has 2 aliphatic rings. The molecule has 166 valence electrons. The van der Waals surface area contributed by atoms with Crippen LogP contribution in [-0.2, 0) is 4.79 Å². The Morgan fingerprint density at radius 3 is 1.89 bits per heavy atom. The Morgan fingerprint density at radius 2 is 1.50 bits per heavy atom. The van der Waals surface area contributed by atoms with Crippen LogP contribution in [-0.4, -0.2) is 53.5 Å². The van der Waals surface area contributed by atoms with Crippen molar-refractivity contribution in [3.8, 4) is 0 Å². The van der Waals surface area contributed by atoms with E-state index in [2.05, 4.69) is 50.2 Å². The molecule has 0 spiro atoms. The summed E-state index contributed by atoms with van der Waals surface area (Å²) in [4.78, 5) is 24.8. The van der Waals surface area contributed by atoms with Crippen LogP contribution >= 0.6 is 11.8 Å². The van der Waals surface area contributed by atoms with E-state index in [0.717, 1.165) is 56.7 Å². The highest BCUT2D eigenvalue weighted by Gasteiger charge is 2.35. The monoisotopic (exact) mass is 415 g/mol. The molecule has 6 heteroatoms. The Bertz CT molecular complexity index is 404. The second kappa shape index (κ2) is 15.9. The zero-order valence-corrected chi connectivity index (χ0v) is 20.2. The maximum absolute atomic E-state index is 12.1. The lowest BCUT2D eigenvalue weighted by atomic mass is 10.1. The minimum Gasteiger partial charge on any atom is -0.343 e. The molecule has 5 nitrogen and oxygen atoms in total. The van der Waals surface area contributed by atoms with Gasteiger partial charge < -0.3 is 15.5 Å². The first-order valence-electron chi connectivity index (χ1n) is 11.3. The smallest absolute Gasteiger partial charge is 0.315 e. The van der Waals surface area contributed by atoms with Gasteiger partial charge in [-0.1, -0.05) is 54.9 Å². The number of rotatable bonds is 9. The number of urea groups is 1. The van der Waals surface area contributed by atoms with Gasteiger partial charge in [-0.3, -0.25) is 4.79 Å². The van der Waals surface area contributed by atoms with Crippen molar-refractivity contribution in [2.24, 2.45) is 11.8 Å². The SMILES string of the molecule is CC.CCCCC(=O)N(CCC(C)C)CCC(C)C.O=C1NC2CSCC2N1. The maximum atomic E-state index is 12.1. The van der Waals surface area contributed by atoms with E-state index < -0.39 is 0 Å². The summed E-state index contributed by atoms with van der Waals surface area (Å²) < 4.78 is 0. The summed E-state index contributed by atoms with van der Waals surface area (Å²) in [5.41, 5.74) is 0. The molecule has 2 unspecified atom stereocenters. The van der Waals surface area contributed by atoms with Gasteiger partial charge in [0, 0.05) is 31.0 Å². The molecule has 2 saturated heterocycles. The molecular formula is C22H45N3O2S. The summed E-state index contributed by atoms with van der Waals surface area (Å²) in [7, 11) is 0. The van der Waals surface area contributed by atoms with Gasteiger partial charge in [-0.15, -0.1) is 0 Å². The van der Waals surface area contributed by atoms with Gasteiger partial charge in [0.2, 0.25) is 5.91 Å². The summed E-state index contributed by atoms with van der Waals surface area (Å²) in [5, 5.41) is 5.69. The number of thioether (sulfide) groups is 1. The van der Waals surface area contributed by atoms with Crippen molar-refractivity contribution in [3.63, 3.8) is 0 Å². The summed E-state index contributed by atoms with van der Waals surface area (Å²) in [5.74, 6) is 3.85. The fourth-order valence-electron chi connectivity index (χ4n) is 2.89. The Kier molecular flexibility index (Phi) is 15.4. The Balaban J connectivity index is 0.000000545. The fourth-order valence-corrected chi connectivity index (χ4v) is 4.17. The maximum Gasteiger partial charge on any atom is 0.315 e. The number of hydrogen-bond acceptors (Lipinski definition) is 3. The molecule has 2 N–H and O–H groups in total. The van der Waals surface area contributed by atoms with Crippen molar-refractivity contribution in [2.75, 3.05) is 24.6 Å². The number of hydrogen-bond donors (Lipinski definition) is 2. The fraction of sp³-hybridized carbons (Fsp3) is 0.909. The summed E-state index contributed by atoms with van der Waals surface area (Å²) in [6.07, 6.45) is 5.10. The van der Waals surface area contributed by atoms with Gasteiger partial charge in [0.25, 0.3) is 0 Å². The van der Waals surface area contributed by atoms with Crippen LogP contribution in [0.4, 0.5) is 4.79 Å². The highest BCUT2D eigenvalue weighted by atomic mass is 32.2. The first-order valence-corrected chi connectivity index (χ1v) is 12.4. The number of carbonyl (C=O) groups is 2. The van der Waals surface area contributed by atoms with E-state index in [9.17, 15) is 9.59 Å². The summed E-state index contributed by atoms with van der Waals surface area (Å²) in [6, 6.07) is 0.815. The molecule has 0 saturated carbocycles. The molecule has 2 fully saturated rings. The molecule has 0 aromatic heterocycles. The standard InChI is InChI=1S/C15H31NO.C5H8N2OS.C2H6/c1-6-7-8-15(17)16(11-9-13(2)3)12-10-14(4)5;8-5-6-3-1-9-2-4(3)7-5;1-2/h13-14H,6-12H2,1-5H3;3-4H,1-2H2,(H2,6,7,8);1-2H3. The lowest BCUT2D eigenvalue weighted by Crippen LogP contribution is -2.33. The second-order valence-electron chi connectivity index (χ2n) is 8.22. The van der Waals surface area contributed by atoms with Crippen molar-refractivity contribution < 1.29 is 9.59 Å². The van der Waals surface area contributed by atoms with Gasteiger partial charge in [-0.2, -0.15) is 11.8 Å². The minimum atomic E-state index is 0.00491. The first kappa shape index (κ1) is 27.1. The molecule has 2 heterocycles. The van der Waals surface area contributed by atoms with Gasteiger partial charge in [-0.25, -0.2) is 4.79 Å². The van der Waals surface area contributed by atoms with Crippen molar-refractivity contribution in [3.05, 3.63) is 0 Å². The second-order valence-corrected chi connectivity index (χ2v) is 9.29. The van der Waals surface area contributed by atoms with Gasteiger partial charge in [-0.05, 0) is 31.1 Å². The summed E-state index contributed by atoms with van der Waals surface area (Å²) >= 11 is 1.89. The van der Waals surface area contributed by atoms with Crippen molar-refractivity contribution in [1.82, 2.24) is 15.5 Å². The zero-order chi connectivity index (χ0) is 21.5. The third kappa shape index (κ3) is 11.8. The Hall–Kier alpha value is -0.910. The molecule has 2 rings (SSSR count). The normalized spacial score (nSPS) is 19.8. The number of nitrogens with zero attached hydrogens (tertiary/aromatic N) is 1. The number of unbranched alkanes of at least 4 members (excludes halogenated alkanes) is 1. The molecule has 0 aliphatic carbocycles. The molecular weight excluding hydrogens is 370 g/mol. The van der Waals surface area contributed by atoms with Crippen LogP contribution in [0.2, 0.25) is 0 Å². The highest BCUT2D eigenvalue weighted by Crippen LogP contribution is 2.20. The number of nitrogens with one attached hydrogen (secondary N) is 2. The van der Waals surface area contributed by atoms with Crippen LogP contribution in [0.25, 0.3) is 0 Å². The lowest BCUT2D eigenvalue weighted by molar-refractivity contribution is -0.131. The Morgan fingerprint density at radius 1 is 1.04 bits per heavy atom. The minimum absolute atomic E-state index is 0.00491. The molecule has 0 aromatic rings. The lowest BCUT2D eigenvalue weighted by Gasteiger charge is -2.24. The molecule has 0 aromatic carbocycles. The van der Waals surface area contributed by atoms with E-state index >= 15 is 0 Å². The quantitative estimate of drug-likeness (QED) is 0.526. The highest BCUT2D eigenvalue weighted by molar-refractivity contribution is 7.99. The predicted octanol–water partition coefficient (Wildman–Crippen LogP) is 4.91. The topological polar surface area (TPSA) is 61.4 Å². The zero-order valence-electron chi connectivity index (χ0n) is 19.3. The van der Waals surface area contributed by atoms with Gasteiger partial charge in [0.15, 0.2) is 0 Å². The average molecular weight is 416 g/mol. The average Bonchev–Trinajstić information content (AvgIpc) is 3.22. The first-order chi connectivity index (χ1) is 13.3. The van der Waals surface area contributed by atoms with E-state index in [1.54, 1.807) is 0 Å². The van der Waals surface area contributed by atoms with Crippen molar-refractivity contribution in [1.29, 1.82) is 0 Å². The Labute approximate surface area is 178 Å². The largest absolute Gasteiger partial charge is 0.343 e. The predicted molar refractivity (Wildman–Crippen MR) is 123 cm³/mol.